The second-order valence-corrected chi connectivity index (χ2v) is 6.28. The number of fused-ring (bicyclic) bond motifs is 1. The first-order valence-corrected chi connectivity index (χ1v) is 7.93. The third kappa shape index (κ3) is 2.40. The molecular formula is C17H14N4S. The number of hydrogen-bond donors (Lipinski definition) is 0. The number of nitrogens with zero attached hydrogens (tertiary/aromatic N) is 4. The van der Waals surface area contributed by atoms with Gasteiger partial charge in [-0.1, -0.05) is 71.5 Å². The van der Waals surface area contributed by atoms with Gasteiger partial charge in [0.1, 0.15) is 5.01 Å². The molecule has 0 N–H and O–H groups in total. The third-order valence-corrected chi connectivity index (χ3v) is 4.44. The molecule has 0 atom stereocenters. The molecular weight excluding hydrogens is 292 g/mol. The van der Waals surface area contributed by atoms with E-state index in [0.717, 1.165) is 27.8 Å². The summed E-state index contributed by atoms with van der Waals surface area (Å²) in [5, 5.41) is 14.2. The second kappa shape index (κ2) is 5.35. The minimum atomic E-state index is 0.797. The molecule has 0 bridgehead atoms. The highest BCUT2D eigenvalue weighted by molar-refractivity contribution is 7.16. The standard InChI is InChI=1S/C17H14N4S/c1-12-7-9-14(10-8-12)16-18-19-17-21(16)20-15(22-17)11-13-5-3-2-4-6-13/h2-10H,11H2,1H3. The van der Waals surface area contributed by atoms with Gasteiger partial charge in [0, 0.05) is 12.0 Å². The van der Waals surface area contributed by atoms with Gasteiger partial charge in [0.15, 0.2) is 5.82 Å². The molecule has 0 fully saturated rings. The predicted molar refractivity (Wildman–Crippen MR) is 88.1 cm³/mol. The zero-order valence-corrected chi connectivity index (χ0v) is 12.9. The average Bonchev–Trinajstić information content (AvgIpc) is 3.09. The molecule has 0 aliphatic carbocycles. The Kier molecular flexibility index (Phi) is 3.20. The summed E-state index contributed by atoms with van der Waals surface area (Å²) in [5.74, 6) is 0.797. The van der Waals surface area contributed by atoms with Gasteiger partial charge in [-0.2, -0.15) is 9.61 Å². The van der Waals surface area contributed by atoms with E-state index in [0.29, 0.717) is 0 Å². The smallest absolute Gasteiger partial charge is 0.183 e. The number of aromatic nitrogens is 4. The van der Waals surface area contributed by atoms with Crippen molar-refractivity contribution >= 4 is 16.3 Å². The van der Waals surface area contributed by atoms with Crippen molar-refractivity contribution in [2.75, 3.05) is 0 Å². The van der Waals surface area contributed by atoms with Crippen LogP contribution in [0.15, 0.2) is 54.6 Å². The van der Waals surface area contributed by atoms with E-state index < -0.39 is 0 Å². The minimum absolute atomic E-state index is 0.797. The molecule has 0 aliphatic heterocycles. The maximum absolute atomic E-state index is 4.68. The van der Waals surface area contributed by atoms with Gasteiger partial charge >= 0.3 is 0 Å². The van der Waals surface area contributed by atoms with Crippen LogP contribution >= 0.6 is 11.3 Å². The van der Waals surface area contributed by atoms with Crippen LogP contribution in [0, 0.1) is 6.92 Å². The summed E-state index contributed by atoms with van der Waals surface area (Å²) < 4.78 is 1.84. The molecule has 0 unspecified atom stereocenters. The molecule has 0 saturated heterocycles. The van der Waals surface area contributed by atoms with Crippen molar-refractivity contribution in [3.05, 3.63) is 70.7 Å². The average molecular weight is 306 g/mol. The molecule has 2 aromatic heterocycles. The van der Waals surface area contributed by atoms with E-state index in [9.17, 15) is 0 Å². The zero-order valence-electron chi connectivity index (χ0n) is 12.1. The molecule has 5 heteroatoms. The molecule has 0 radical (unpaired) electrons. The lowest BCUT2D eigenvalue weighted by Gasteiger charge is -1.98. The SMILES string of the molecule is Cc1ccc(-c2nnc3sc(Cc4ccccc4)nn23)cc1. The predicted octanol–water partition coefficient (Wildman–Crippen LogP) is 3.75. The Morgan fingerprint density at radius 1 is 0.955 bits per heavy atom. The van der Waals surface area contributed by atoms with E-state index in [4.69, 9.17) is 0 Å². The largest absolute Gasteiger partial charge is 0.234 e. The van der Waals surface area contributed by atoms with Crippen LogP contribution < -0.4 is 0 Å². The number of benzene rings is 2. The van der Waals surface area contributed by atoms with Crippen molar-refractivity contribution in [2.24, 2.45) is 0 Å². The van der Waals surface area contributed by atoms with E-state index in [1.807, 2.05) is 22.7 Å². The molecule has 4 nitrogen and oxygen atoms in total. The molecule has 0 aliphatic rings. The number of rotatable bonds is 3. The topological polar surface area (TPSA) is 43.1 Å². The van der Waals surface area contributed by atoms with Crippen LogP contribution in [-0.2, 0) is 6.42 Å². The Balaban J connectivity index is 1.71. The Morgan fingerprint density at radius 3 is 2.50 bits per heavy atom. The van der Waals surface area contributed by atoms with Gasteiger partial charge in [-0.25, -0.2) is 0 Å². The Labute approximate surface area is 132 Å². The summed E-state index contributed by atoms with van der Waals surface area (Å²) in [6.45, 7) is 2.07. The van der Waals surface area contributed by atoms with E-state index >= 15 is 0 Å². The molecule has 0 spiro atoms. The molecule has 2 aromatic carbocycles. The summed E-state index contributed by atoms with van der Waals surface area (Å²) in [5.41, 5.74) is 3.52. The number of hydrogen-bond acceptors (Lipinski definition) is 4. The first kappa shape index (κ1) is 13.2. The quantitative estimate of drug-likeness (QED) is 0.579. The van der Waals surface area contributed by atoms with Crippen LogP contribution in [0.5, 0.6) is 0 Å². The van der Waals surface area contributed by atoms with Gasteiger partial charge in [0.05, 0.1) is 0 Å². The van der Waals surface area contributed by atoms with Gasteiger partial charge < -0.3 is 0 Å². The summed E-state index contributed by atoms with van der Waals surface area (Å²) in [7, 11) is 0. The zero-order chi connectivity index (χ0) is 14.9. The van der Waals surface area contributed by atoms with Crippen LogP contribution in [0.2, 0.25) is 0 Å². The first-order valence-electron chi connectivity index (χ1n) is 7.12. The fourth-order valence-corrected chi connectivity index (χ4v) is 3.25. The lowest BCUT2D eigenvalue weighted by Crippen LogP contribution is -1.93. The van der Waals surface area contributed by atoms with Crippen molar-refractivity contribution in [2.45, 2.75) is 13.3 Å². The summed E-state index contributed by atoms with van der Waals surface area (Å²) in [6.07, 6.45) is 0.822. The van der Waals surface area contributed by atoms with Crippen LogP contribution in [0.3, 0.4) is 0 Å². The maximum atomic E-state index is 4.68. The highest BCUT2D eigenvalue weighted by Crippen LogP contribution is 2.23. The molecule has 0 saturated carbocycles. The highest BCUT2D eigenvalue weighted by Gasteiger charge is 2.13. The van der Waals surface area contributed by atoms with Gasteiger partial charge in [0.2, 0.25) is 4.96 Å². The first-order chi connectivity index (χ1) is 10.8. The summed E-state index contributed by atoms with van der Waals surface area (Å²) in [4.78, 5) is 0.835. The Hall–Kier alpha value is -2.53. The van der Waals surface area contributed by atoms with Gasteiger partial charge in [-0.15, -0.1) is 10.2 Å². The Morgan fingerprint density at radius 2 is 1.73 bits per heavy atom. The maximum Gasteiger partial charge on any atom is 0.234 e. The van der Waals surface area contributed by atoms with Crippen molar-refractivity contribution in [1.82, 2.24) is 19.8 Å². The van der Waals surface area contributed by atoms with Gasteiger partial charge in [-0.3, -0.25) is 0 Å². The van der Waals surface area contributed by atoms with Crippen LogP contribution in [0.4, 0.5) is 0 Å². The summed E-state index contributed by atoms with van der Waals surface area (Å²) >= 11 is 1.59. The fourth-order valence-electron chi connectivity index (χ4n) is 2.38. The van der Waals surface area contributed by atoms with Gasteiger partial charge in [0.25, 0.3) is 0 Å². The lowest BCUT2D eigenvalue weighted by atomic mass is 10.1. The van der Waals surface area contributed by atoms with Gasteiger partial charge in [-0.05, 0) is 12.5 Å². The lowest BCUT2D eigenvalue weighted by molar-refractivity contribution is 0.918. The van der Waals surface area contributed by atoms with E-state index in [2.05, 4.69) is 58.6 Å². The van der Waals surface area contributed by atoms with Crippen molar-refractivity contribution in [3.8, 4) is 11.4 Å². The molecule has 0 amide bonds. The van der Waals surface area contributed by atoms with E-state index in [1.165, 1.54) is 11.1 Å². The van der Waals surface area contributed by atoms with Crippen LogP contribution in [0.1, 0.15) is 16.1 Å². The van der Waals surface area contributed by atoms with Crippen molar-refractivity contribution < 1.29 is 0 Å². The molecule has 22 heavy (non-hydrogen) atoms. The van der Waals surface area contributed by atoms with Crippen molar-refractivity contribution in [3.63, 3.8) is 0 Å². The molecule has 108 valence electrons. The number of aryl methyl sites for hydroxylation is 1. The molecule has 4 rings (SSSR count). The highest BCUT2D eigenvalue weighted by atomic mass is 32.1. The van der Waals surface area contributed by atoms with E-state index in [1.54, 1.807) is 11.3 Å². The van der Waals surface area contributed by atoms with Crippen LogP contribution in [-0.4, -0.2) is 19.8 Å². The third-order valence-electron chi connectivity index (χ3n) is 3.54. The second-order valence-electron chi connectivity index (χ2n) is 5.24. The fraction of sp³-hybridized carbons (Fsp3) is 0.118. The summed E-state index contributed by atoms with van der Waals surface area (Å²) in [6, 6.07) is 18.6. The minimum Gasteiger partial charge on any atom is -0.183 e. The molecule has 2 heterocycles. The van der Waals surface area contributed by atoms with Crippen molar-refractivity contribution in [1.29, 1.82) is 0 Å². The normalized spacial score (nSPS) is 11.1. The molecule has 4 aromatic rings. The Bertz CT molecular complexity index is 907. The van der Waals surface area contributed by atoms with E-state index in [-0.39, 0.29) is 0 Å². The van der Waals surface area contributed by atoms with Crippen LogP contribution in [0.25, 0.3) is 16.3 Å². The monoisotopic (exact) mass is 306 g/mol.